The van der Waals surface area contributed by atoms with Crippen molar-refractivity contribution in [3.63, 3.8) is 0 Å². The highest BCUT2D eigenvalue weighted by Gasteiger charge is 2.11. The Bertz CT molecular complexity index is 1320. The number of thioether (sulfide) groups is 1. The number of para-hydroxylation sites is 1. The van der Waals surface area contributed by atoms with E-state index >= 15 is 0 Å². The van der Waals surface area contributed by atoms with E-state index in [1.807, 2.05) is 30.3 Å². The maximum atomic E-state index is 12.3. The molecule has 0 unspecified atom stereocenters. The molecule has 4 rings (SSSR count). The summed E-state index contributed by atoms with van der Waals surface area (Å²) in [6.45, 7) is 1.41. The Morgan fingerprint density at radius 1 is 0.912 bits per heavy atom. The monoisotopic (exact) mass is 491 g/mol. The normalized spacial score (nSPS) is 10.6. The predicted octanol–water partition coefficient (Wildman–Crippen LogP) is 5.25. The minimum atomic E-state index is -0.254. The highest BCUT2D eigenvalue weighted by atomic mass is 32.2. The summed E-state index contributed by atoms with van der Waals surface area (Å²) in [4.78, 5) is 40.4. The van der Waals surface area contributed by atoms with Crippen LogP contribution in [0.3, 0.4) is 0 Å². The molecule has 7 nitrogen and oxygen atoms in total. The number of anilines is 2. The molecule has 0 saturated heterocycles. The quantitative estimate of drug-likeness (QED) is 0.245. The third-order valence-corrected chi connectivity index (χ3v) is 6.83. The number of carbonyl (C=O) groups is 3. The number of benzene rings is 3. The Morgan fingerprint density at radius 3 is 2.35 bits per heavy atom. The number of aromatic nitrogens is 1. The highest BCUT2D eigenvalue weighted by molar-refractivity contribution is 8.01. The van der Waals surface area contributed by atoms with Gasteiger partial charge in [-0.3, -0.25) is 14.4 Å². The largest absolute Gasteiger partial charge is 0.484 e. The minimum absolute atomic E-state index is 0.0208. The molecule has 0 aliphatic rings. The zero-order valence-electron chi connectivity index (χ0n) is 18.2. The molecule has 0 aliphatic carbocycles. The third kappa shape index (κ3) is 6.43. The summed E-state index contributed by atoms with van der Waals surface area (Å²) in [6, 6.07) is 21.4. The van der Waals surface area contributed by atoms with E-state index in [9.17, 15) is 14.4 Å². The Labute approximate surface area is 204 Å². The molecule has 9 heteroatoms. The number of ether oxygens (including phenoxy) is 1. The van der Waals surface area contributed by atoms with Crippen LogP contribution in [0.4, 0.5) is 11.4 Å². The van der Waals surface area contributed by atoms with Crippen LogP contribution in [0.15, 0.2) is 77.1 Å². The average molecular weight is 492 g/mol. The van der Waals surface area contributed by atoms with Crippen LogP contribution >= 0.6 is 23.1 Å². The Kier molecular flexibility index (Phi) is 7.56. The minimum Gasteiger partial charge on any atom is -0.484 e. The van der Waals surface area contributed by atoms with Crippen molar-refractivity contribution in [3.05, 3.63) is 78.4 Å². The molecule has 172 valence electrons. The number of nitrogens with one attached hydrogen (secondary N) is 2. The van der Waals surface area contributed by atoms with Crippen molar-refractivity contribution in [3.8, 4) is 5.75 Å². The van der Waals surface area contributed by atoms with Crippen molar-refractivity contribution in [2.24, 2.45) is 0 Å². The van der Waals surface area contributed by atoms with Gasteiger partial charge in [0.05, 0.1) is 16.0 Å². The molecular weight excluding hydrogens is 470 g/mol. The molecule has 1 heterocycles. The maximum Gasteiger partial charge on any atom is 0.262 e. The lowest BCUT2D eigenvalue weighted by Crippen LogP contribution is -2.20. The summed E-state index contributed by atoms with van der Waals surface area (Å²) < 4.78 is 7.13. The van der Waals surface area contributed by atoms with Crippen LogP contribution in [-0.2, 0) is 9.59 Å². The zero-order valence-corrected chi connectivity index (χ0v) is 19.9. The van der Waals surface area contributed by atoms with Crippen LogP contribution in [0, 0.1) is 0 Å². The number of amides is 2. The number of nitrogens with zero attached hydrogens (tertiary/aromatic N) is 1. The molecule has 0 aliphatic heterocycles. The van der Waals surface area contributed by atoms with E-state index in [0.717, 1.165) is 14.6 Å². The summed E-state index contributed by atoms with van der Waals surface area (Å²) in [5, 5.41) is 5.64. The van der Waals surface area contributed by atoms with Gasteiger partial charge in [-0.1, -0.05) is 30.0 Å². The van der Waals surface area contributed by atoms with Gasteiger partial charge in [-0.2, -0.15) is 0 Å². The van der Waals surface area contributed by atoms with Crippen LogP contribution in [0.5, 0.6) is 5.75 Å². The van der Waals surface area contributed by atoms with Gasteiger partial charge in [-0.25, -0.2) is 4.98 Å². The first-order chi connectivity index (χ1) is 16.5. The molecule has 0 saturated carbocycles. The zero-order chi connectivity index (χ0) is 23.9. The molecule has 2 N–H and O–H groups in total. The van der Waals surface area contributed by atoms with Gasteiger partial charge >= 0.3 is 0 Å². The van der Waals surface area contributed by atoms with Crippen LogP contribution in [0.25, 0.3) is 10.2 Å². The van der Waals surface area contributed by atoms with Gasteiger partial charge in [0.25, 0.3) is 5.91 Å². The molecule has 4 aromatic rings. The lowest BCUT2D eigenvalue weighted by atomic mass is 10.1. The van der Waals surface area contributed by atoms with Gasteiger partial charge in [0.15, 0.2) is 16.7 Å². The molecule has 0 spiro atoms. The van der Waals surface area contributed by atoms with Gasteiger partial charge < -0.3 is 15.4 Å². The average Bonchev–Trinajstić information content (AvgIpc) is 3.25. The Balaban J connectivity index is 1.29. The summed E-state index contributed by atoms with van der Waals surface area (Å²) in [7, 11) is 0. The van der Waals surface area contributed by atoms with E-state index in [1.165, 1.54) is 30.0 Å². The van der Waals surface area contributed by atoms with Crippen LogP contribution in [0.2, 0.25) is 0 Å². The summed E-state index contributed by atoms with van der Waals surface area (Å²) in [6.07, 6.45) is 0. The lowest BCUT2D eigenvalue weighted by molar-refractivity contribution is -0.118. The third-order valence-electron chi connectivity index (χ3n) is 4.67. The number of Topliss-reactive ketones (excluding diaryl/α,β-unsaturated/α-hetero) is 1. The van der Waals surface area contributed by atoms with E-state index in [0.29, 0.717) is 22.7 Å². The number of rotatable bonds is 9. The summed E-state index contributed by atoms with van der Waals surface area (Å²) >= 11 is 2.79. The van der Waals surface area contributed by atoms with Gasteiger partial charge in [-0.05, 0) is 61.5 Å². The van der Waals surface area contributed by atoms with Crippen molar-refractivity contribution in [1.29, 1.82) is 0 Å². The van der Waals surface area contributed by atoms with Crippen molar-refractivity contribution in [1.82, 2.24) is 4.98 Å². The molecule has 2 amide bonds. The second-order valence-electron chi connectivity index (χ2n) is 7.28. The molecule has 0 radical (unpaired) electrons. The smallest absolute Gasteiger partial charge is 0.262 e. The molecular formula is C25H21N3O4S2. The van der Waals surface area contributed by atoms with E-state index < -0.39 is 0 Å². The predicted molar refractivity (Wildman–Crippen MR) is 136 cm³/mol. The Hall–Kier alpha value is -3.69. The molecule has 34 heavy (non-hydrogen) atoms. The highest BCUT2D eigenvalue weighted by Crippen LogP contribution is 2.31. The standard InChI is InChI=1S/C25H21N3O4S2/c1-16(29)17-7-9-18(10-8-17)26-24(31)15-33-25-28-21-12-11-19(13-22(21)34-25)27-23(30)14-32-20-5-3-2-4-6-20/h2-13H,14-15H2,1H3,(H,26,31)(H,27,30). The molecule has 0 fully saturated rings. The van der Waals surface area contributed by atoms with Crippen molar-refractivity contribution in [2.75, 3.05) is 23.0 Å². The number of hydrogen-bond donors (Lipinski definition) is 2. The molecule has 0 bridgehead atoms. The SMILES string of the molecule is CC(=O)c1ccc(NC(=O)CSc2nc3ccc(NC(=O)COc4ccccc4)cc3s2)cc1. The number of hydrogen-bond acceptors (Lipinski definition) is 7. The summed E-state index contributed by atoms with van der Waals surface area (Å²) in [5.74, 6) is 0.401. The molecule has 1 aromatic heterocycles. The van der Waals surface area contributed by atoms with Gasteiger partial charge in [0.2, 0.25) is 5.91 Å². The fraction of sp³-hybridized carbons (Fsp3) is 0.120. The maximum absolute atomic E-state index is 12.3. The van der Waals surface area contributed by atoms with Crippen LogP contribution < -0.4 is 15.4 Å². The molecule has 3 aromatic carbocycles. The first-order valence-electron chi connectivity index (χ1n) is 10.4. The fourth-order valence-electron chi connectivity index (χ4n) is 3.02. The Morgan fingerprint density at radius 2 is 1.62 bits per heavy atom. The van der Waals surface area contributed by atoms with Crippen molar-refractivity contribution >= 4 is 62.3 Å². The first-order valence-corrected chi connectivity index (χ1v) is 12.2. The molecule has 0 atom stereocenters. The lowest BCUT2D eigenvalue weighted by Gasteiger charge is -2.07. The van der Waals surface area contributed by atoms with E-state index in [1.54, 1.807) is 42.5 Å². The number of carbonyl (C=O) groups excluding carboxylic acids is 3. The van der Waals surface area contributed by atoms with Crippen LogP contribution in [0.1, 0.15) is 17.3 Å². The number of ketones is 1. The van der Waals surface area contributed by atoms with E-state index in [4.69, 9.17) is 4.74 Å². The second-order valence-corrected chi connectivity index (χ2v) is 9.54. The van der Waals surface area contributed by atoms with Crippen LogP contribution in [-0.4, -0.2) is 34.9 Å². The van der Waals surface area contributed by atoms with Crippen molar-refractivity contribution in [2.45, 2.75) is 11.3 Å². The first kappa shape index (κ1) is 23.5. The number of thiazole rings is 1. The topological polar surface area (TPSA) is 97.4 Å². The van der Waals surface area contributed by atoms with Crippen molar-refractivity contribution < 1.29 is 19.1 Å². The van der Waals surface area contributed by atoms with Gasteiger partial charge in [-0.15, -0.1) is 11.3 Å². The van der Waals surface area contributed by atoms with Gasteiger partial charge in [0.1, 0.15) is 5.75 Å². The summed E-state index contributed by atoms with van der Waals surface area (Å²) in [5.41, 5.74) is 2.69. The van der Waals surface area contributed by atoms with E-state index in [-0.39, 0.29) is 30.0 Å². The number of fused-ring (bicyclic) bond motifs is 1. The fourth-order valence-corrected chi connectivity index (χ4v) is 4.93. The second kappa shape index (κ2) is 11.0. The van der Waals surface area contributed by atoms with E-state index in [2.05, 4.69) is 15.6 Å². The van der Waals surface area contributed by atoms with Gasteiger partial charge in [0, 0.05) is 16.9 Å².